The first-order chi connectivity index (χ1) is 15.5. The fourth-order valence-corrected chi connectivity index (χ4v) is 6.37. The van der Waals surface area contributed by atoms with Crippen LogP contribution in [0.15, 0.2) is 16.6 Å². The summed E-state index contributed by atoms with van der Waals surface area (Å²) in [6.07, 6.45) is 4.66. The average Bonchev–Trinajstić information content (AvgIpc) is 3.29. The van der Waals surface area contributed by atoms with Gasteiger partial charge in [-0.2, -0.15) is 9.97 Å². The van der Waals surface area contributed by atoms with Crippen LogP contribution >= 0.6 is 15.9 Å². The number of hydrogen-bond acceptors (Lipinski definition) is 6. The molecule has 1 spiro atoms. The molecule has 4 fully saturated rings. The van der Waals surface area contributed by atoms with E-state index in [-0.39, 0.29) is 22.7 Å². The van der Waals surface area contributed by atoms with Crippen molar-refractivity contribution in [1.82, 2.24) is 14.9 Å². The number of halogens is 3. The maximum Gasteiger partial charge on any atom is 0.319 e. The molecule has 1 aromatic heterocycles. The van der Waals surface area contributed by atoms with Gasteiger partial charge in [-0.1, -0.05) is 0 Å². The summed E-state index contributed by atoms with van der Waals surface area (Å²) in [4.78, 5) is 13.6. The summed E-state index contributed by atoms with van der Waals surface area (Å²) in [6.45, 7) is 4.03. The molecule has 0 unspecified atom stereocenters. The van der Waals surface area contributed by atoms with E-state index in [4.69, 9.17) is 14.5 Å². The predicted molar refractivity (Wildman–Crippen MR) is 120 cm³/mol. The smallest absolute Gasteiger partial charge is 0.319 e. The van der Waals surface area contributed by atoms with Crippen LogP contribution in [-0.4, -0.2) is 71.6 Å². The van der Waals surface area contributed by atoms with Gasteiger partial charge in [0, 0.05) is 37.9 Å². The van der Waals surface area contributed by atoms with E-state index in [1.807, 2.05) is 6.07 Å². The molecule has 0 saturated carbocycles. The molecule has 32 heavy (non-hydrogen) atoms. The molecule has 0 amide bonds. The number of benzene rings is 1. The van der Waals surface area contributed by atoms with Crippen molar-refractivity contribution in [3.05, 3.63) is 22.4 Å². The van der Waals surface area contributed by atoms with Crippen LogP contribution in [0.25, 0.3) is 10.9 Å². The Kier molecular flexibility index (Phi) is 5.07. The van der Waals surface area contributed by atoms with Crippen molar-refractivity contribution in [2.45, 2.75) is 55.8 Å². The van der Waals surface area contributed by atoms with E-state index in [1.54, 1.807) is 6.07 Å². The van der Waals surface area contributed by atoms with Gasteiger partial charge in [-0.05, 0) is 60.3 Å². The van der Waals surface area contributed by atoms with Gasteiger partial charge in [0.05, 0.1) is 22.2 Å². The lowest BCUT2D eigenvalue weighted by atomic mass is 9.86. The maximum atomic E-state index is 15.1. The molecule has 0 bridgehead atoms. The van der Waals surface area contributed by atoms with Crippen LogP contribution in [0.3, 0.4) is 0 Å². The number of aromatic nitrogens is 2. The zero-order valence-electron chi connectivity index (χ0n) is 18.0. The molecule has 0 radical (unpaired) electrons. The zero-order valence-corrected chi connectivity index (χ0v) is 19.5. The average molecular weight is 509 g/mol. The Bertz CT molecular complexity index is 1050. The Hall–Kier alpha value is -1.58. The molecule has 2 aromatic rings. The van der Waals surface area contributed by atoms with Gasteiger partial charge in [0.15, 0.2) is 5.82 Å². The molecular weight excluding hydrogens is 482 g/mol. The molecule has 5 heterocycles. The Balaban J connectivity index is 1.35. The summed E-state index contributed by atoms with van der Waals surface area (Å²) < 4.78 is 41.6. The molecule has 6 rings (SSSR count). The molecule has 172 valence electrons. The lowest BCUT2D eigenvalue weighted by molar-refractivity contribution is -0.151. The third kappa shape index (κ3) is 3.39. The van der Waals surface area contributed by atoms with E-state index in [1.165, 1.54) is 0 Å². The zero-order chi connectivity index (χ0) is 21.9. The minimum Gasteiger partial charge on any atom is -0.461 e. The molecule has 4 aliphatic rings. The highest BCUT2D eigenvalue weighted by Gasteiger charge is 2.49. The molecule has 4 saturated heterocycles. The maximum absolute atomic E-state index is 15.1. The molecule has 9 heteroatoms. The number of ether oxygens (including phenoxy) is 2. The standard InChI is InChI=1S/C23H27BrF2N4O2/c24-17-4-3-16-19(18(17)26)27-21(31-14-22-5-1-9-30(22)12-15(25)11-22)28-20(16)29-8-2-6-23(13-29)7-10-32-23/h3-4,15H,1-2,5-14H2/t15-,22+,23+/m1/s1. The van der Waals surface area contributed by atoms with E-state index in [2.05, 4.69) is 30.7 Å². The molecule has 0 N–H and O–H groups in total. The largest absolute Gasteiger partial charge is 0.461 e. The molecule has 3 atom stereocenters. The van der Waals surface area contributed by atoms with Crippen molar-refractivity contribution >= 4 is 32.7 Å². The lowest BCUT2D eigenvalue weighted by Gasteiger charge is -2.48. The second-order valence-electron chi connectivity index (χ2n) is 9.76. The van der Waals surface area contributed by atoms with Gasteiger partial charge in [0.2, 0.25) is 0 Å². The summed E-state index contributed by atoms with van der Waals surface area (Å²) in [6, 6.07) is 3.70. The van der Waals surface area contributed by atoms with Gasteiger partial charge < -0.3 is 14.4 Å². The summed E-state index contributed by atoms with van der Waals surface area (Å²) in [5, 5.41) is 0.666. The Morgan fingerprint density at radius 2 is 2.03 bits per heavy atom. The van der Waals surface area contributed by atoms with E-state index in [9.17, 15) is 4.39 Å². The fraction of sp³-hybridized carbons (Fsp3) is 0.652. The summed E-state index contributed by atoms with van der Waals surface area (Å²) >= 11 is 3.28. The van der Waals surface area contributed by atoms with Gasteiger partial charge in [0.25, 0.3) is 0 Å². The first-order valence-electron chi connectivity index (χ1n) is 11.5. The molecular formula is C23H27BrF2N4O2. The fourth-order valence-electron chi connectivity index (χ4n) is 6.05. The first kappa shape index (κ1) is 21.0. The minimum absolute atomic E-state index is 0.117. The van der Waals surface area contributed by atoms with Gasteiger partial charge in [0.1, 0.15) is 24.1 Å². The van der Waals surface area contributed by atoms with Crippen molar-refractivity contribution in [2.24, 2.45) is 0 Å². The van der Waals surface area contributed by atoms with Crippen molar-refractivity contribution in [1.29, 1.82) is 0 Å². The van der Waals surface area contributed by atoms with E-state index in [0.717, 1.165) is 58.3 Å². The van der Waals surface area contributed by atoms with E-state index in [0.29, 0.717) is 35.2 Å². The first-order valence-corrected chi connectivity index (χ1v) is 12.3. The van der Waals surface area contributed by atoms with Crippen LogP contribution in [0.1, 0.15) is 38.5 Å². The monoisotopic (exact) mass is 508 g/mol. The summed E-state index contributed by atoms with van der Waals surface area (Å²) in [5.41, 5.74) is -0.180. The number of piperidine rings is 1. The summed E-state index contributed by atoms with van der Waals surface area (Å²) in [5.74, 6) is 0.259. The molecule has 0 aliphatic carbocycles. The third-order valence-electron chi connectivity index (χ3n) is 7.75. The van der Waals surface area contributed by atoms with Gasteiger partial charge in [-0.3, -0.25) is 4.90 Å². The second-order valence-corrected chi connectivity index (χ2v) is 10.6. The SMILES string of the molecule is Fc1c(Br)ccc2c(N3CCC[C@]4(CCO4)C3)nc(OC[C@@]34CCCN3C[C@H](F)C4)nc12. The topological polar surface area (TPSA) is 50.7 Å². The quantitative estimate of drug-likeness (QED) is 0.615. The number of alkyl halides is 1. The van der Waals surface area contributed by atoms with Crippen LogP contribution in [0.5, 0.6) is 6.01 Å². The number of fused-ring (bicyclic) bond motifs is 2. The highest BCUT2D eigenvalue weighted by atomic mass is 79.9. The number of rotatable bonds is 4. The van der Waals surface area contributed by atoms with Gasteiger partial charge in [-0.25, -0.2) is 8.78 Å². The van der Waals surface area contributed by atoms with Crippen LogP contribution in [-0.2, 0) is 4.74 Å². The normalized spacial score (nSPS) is 32.5. The summed E-state index contributed by atoms with van der Waals surface area (Å²) in [7, 11) is 0. The van der Waals surface area contributed by atoms with E-state index >= 15 is 4.39 Å². The Morgan fingerprint density at radius 3 is 2.84 bits per heavy atom. The second kappa shape index (κ2) is 7.74. The number of anilines is 1. The van der Waals surface area contributed by atoms with Crippen LogP contribution in [0.4, 0.5) is 14.6 Å². The van der Waals surface area contributed by atoms with Crippen LogP contribution in [0, 0.1) is 5.82 Å². The number of nitrogens with zero attached hydrogens (tertiary/aromatic N) is 4. The third-order valence-corrected chi connectivity index (χ3v) is 8.37. The highest BCUT2D eigenvalue weighted by Crippen LogP contribution is 2.42. The highest BCUT2D eigenvalue weighted by molar-refractivity contribution is 9.10. The van der Waals surface area contributed by atoms with Crippen molar-refractivity contribution < 1.29 is 18.3 Å². The molecule has 6 nitrogen and oxygen atoms in total. The van der Waals surface area contributed by atoms with E-state index < -0.39 is 12.0 Å². The lowest BCUT2D eigenvalue weighted by Crippen LogP contribution is -2.56. The van der Waals surface area contributed by atoms with Crippen LogP contribution in [0.2, 0.25) is 0 Å². The predicted octanol–water partition coefficient (Wildman–Crippen LogP) is 4.25. The van der Waals surface area contributed by atoms with Crippen molar-refractivity contribution in [3.8, 4) is 6.01 Å². The molecule has 4 aliphatic heterocycles. The number of hydrogen-bond donors (Lipinski definition) is 0. The van der Waals surface area contributed by atoms with Gasteiger partial charge in [-0.15, -0.1) is 0 Å². The van der Waals surface area contributed by atoms with Crippen molar-refractivity contribution in [2.75, 3.05) is 44.3 Å². The minimum atomic E-state index is -0.826. The Morgan fingerprint density at radius 1 is 1.19 bits per heavy atom. The van der Waals surface area contributed by atoms with Gasteiger partial charge >= 0.3 is 6.01 Å². The molecule has 1 aromatic carbocycles. The van der Waals surface area contributed by atoms with Crippen molar-refractivity contribution in [3.63, 3.8) is 0 Å². The van der Waals surface area contributed by atoms with Crippen LogP contribution < -0.4 is 9.64 Å². The Labute approximate surface area is 194 Å².